The highest BCUT2D eigenvalue weighted by atomic mass is 31.2. The fraction of sp³-hybridized carbons (Fsp3) is 0.440. The molecule has 208 valence electrons. The van der Waals surface area contributed by atoms with Crippen LogP contribution in [-0.2, 0) is 23.4 Å². The lowest BCUT2D eigenvalue weighted by atomic mass is 9.79. The number of anilines is 1. The number of para-hydroxylation sites is 1. The number of benzene rings is 1. The largest absolute Gasteiger partial charge is 0.462 e. The van der Waals surface area contributed by atoms with Gasteiger partial charge in [0.15, 0.2) is 5.82 Å². The molecule has 2 aromatic heterocycles. The molecule has 0 spiro atoms. The predicted octanol–water partition coefficient (Wildman–Crippen LogP) is 2.78. The van der Waals surface area contributed by atoms with Crippen LogP contribution in [0.3, 0.4) is 0 Å². The van der Waals surface area contributed by atoms with Crippen LogP contribution in [0.5, 0.6) is 5.75 Å². The number of fused-ring (bicyclic) bond motifs is 1. The van der Waals surface area contributed by atoms with Crippen LogP contribution >= 0.6 is 7.75 Å². The van der Waals surface area contributed by atoms with E-state index in [-0.39, 0.29) is 17.7 Å². The van der Waals surface area contributed by atoms with E-state index in [9.17, 15) is 19.7 Å². The highest BCUT2D eigenvalue weighted by Gasteiger charge is 2.55. The molecule has 0 saturated carbocycles. The Labute approximate surface area is 225 Å². The highest BCUT2D eigenvalue weighted by molar-refractivity contribution is 7.52. The number of aromatic nitrogens is 3. The topological polar surface area (TPSA) is 183 Å². The van der Waals surface area contributed by atoms with E-state index in [1.54, 1.807) is 63.2 Å². The summed E-state index contributed by atoms with van der Waals surface area (Å²) in [5, 5.41) is 28.0. The number of carbonyl (C=O) groups is 1. The third-order valence-corrected chi connectivity index (χ3v) is 7.92. The molecule has 3 aromatic rings. The molecule has 0 amide bonds. The van der Waals surface area contributed by atoms with Gasteiger partial charge in [0.2, 0.25) is 0 Å². The molecule has 1 fully saturated rings. The zero-order valence-corrected chi connectivity index (χ0v) is 22.8. The van der Waals surface area contributed by atoms with Gasteiger partial charge < -0.3 is 24.8 Å². The van der Waals surface area contributed by atoms with Crippen LogP contribution < -0.4 is 15.3 Å². The van der Waals surface area contributed by atoms with Crippen molar-refractivity contribution in [1.82, 2.24) is 19.7 Å². The summed E-state index contributed by atoms with van der Waals surface area (Å²) in [6.45, 7) is 5.96. The zero-order chi connectivity index (χ0) is 28.4. The minimum absolute atomic E-state index is 0.224. The molecule has 0 radical (unpaired) electrons. The molecule has 13 nitrogen and oxygen atoms in total. The molecule has 0 bridgehead atoms. The van der Waals surface area contributed by atoms with Gasteiger partial charge >= 0.3 is 13.7 Å². The maximum atomic E-state index is 13.8. The van der Waals surface area contributed by atoms with Gasteiger partial charge in [0.05, 0.1) is 24.5 Å². The van der Waals surface area contributed by atoms with Gasteiger partial charge in [-0.1, -0.05) is 18.2 Å². The molecule has 6 atom stereocenters. The Bertz CT molecular complexity index is 1410. The van der Waals surface area contributed by atoms with E-state index >= 15 is 0 Å². The molecule has 1 aromatic carbocycles. The zero-order valence-electron chi connectivity index (χ0n) is 21.9. The third kappa shape index (κ3) is 5.90. The third-order valence-electron chi connectivity index (χ3n) is 6.28. The Morgan fingerprint density at radius 2 is 2.03 bits per heavy atom. The van der Waals surface area contributed by atoms with Crippen molar-refractivity contribution in [3.63, 3.8) is 0 Å². The van der Waals surface area contributed by atoms with Gasteiger partial charge in [-0.15, -0.1) is 0 Å². The smallest absolute Gasteiger partial charge is 0.459 e. The number of esters is 1. The molecule has 1 aliphatic rings. The molecule has 39 heavy (non-hydrogen) atoms. The van der Waals surface area contributed by atoms with E-state index in [0.29, 0.717) is 11.2 Å². The Balaban J connectivity index is 1.57. The maximum Gasteiger partial charge on any atom is 0.459 e. The molecule has 1 saturated heterocycles. The lowest BCUT2D eigenvalue weighted by Crippen LogP contribution is -2.39. The average molecular weight is 559 g/mol. The number of nitrogens with zero attached hydrogens (tertiary/aromatic N) is 4. The minimum atomic E-state index is -4.22. The lowest BCUT2D eigenvalue weighted by molar-refractivity contribution is -0.149. The van der Waals surface area contributed by atoms with Crippen LogP contribution in [0.1, 0.15) is 39.5 Å². The van der Waals surface area contributed by atoms with Gasteiger partial charge in [0.1, 0.15) is 47.4 Å². The summed E-state index contributed by atoms with van der Waals surface area (Å²) in [4.78, 5) is 16.3. The van der Waals surface area contributed by atoms with Crippen molar-refractivity contribution in [2.24, 2.45) is 5.41 Å². The normalized spacial score (nSPS) is 25.2. The van der Waals surface area contributed by atoms with E-state index < -0.39 is 50.1 Å². The van der Waals surface area contributed by atoms with Gasteiger partial charge in [0.25, 0.3) is 0 Å². The highest BCUT2D eigenvalue weighted by Crippen LogP contribution is 2.50. The summed E-state index contributed by atoms with van der Waals surface area (Å²) >= 11 is 0. The molecular weight excluding hydrogens is 527 g/mol. The van der Waals surface area contributed by atoms with Gasteiger partial charge in [-0.05, 0) is 52.0 Å². The predicted molar refractivity (Wildman–Crippen MR) is 139 cm³/mol. The number of nitrogen functional groups attached to an aromatic ring is 1. The van der Waals surface area contributed by atoms with Crippen molar-refractivity contribution in [2.45, 2.75) is 58.2 Å². The van der Waals surface area contributed by atoms with E-state index in [0.717, 1.165) is 0 Å². The van der Waals surface area contributed by atoms with E-state index in [2.05, 4.69) is 21.2 Å². The molecule has 0 aliphatic carbocycles. The summed E-state index contributed by atoms with van der Waals surface area (Å²) < 4.78 is 37.9. The first kappa shape index (κ1) is 28.5. The number of hydrogen-bond donors (Lipinski definition) is 3. The number of ether oxygens (including phenoxy) is 2. The van der Waals surface area contributed by atoms with E-state index in [1.807, 2.05) is 0 Å². The number of carbonyl (C=O) groups excluding carboxylic acids is 1. The number of rotatable bonds is 10. The summed E-state index contributed by atoms with van der Waals surface area (Å²) in [6, 6.07) is 12.7. The molecule has 3 heterocycles. The van der Waals surface area contributed by atoms with Crippen LogP contribution in [0.4, 0.5) is 5.82 Å². The first-order valence-corrected chi connectivity index (χ1v) is 13.8. The number of nitrogens with two attached hydrogens (primary N) is 1. The first-order valence-electron chi connectivity index (χ1n) is 12.3. The van der Waals surface area contributed by atoms with Gasteiger partial charge in [-0.25, -0.2) is 14.1 Å². The number of hydrogen-bond acceptors (Lipinski definition) is 11. The van der Waals surface area contributed by atoms with Crippen molar-refractivity contribution in [3.8, 4) is 11.8 Å². The quantitative estimate of drug-likeness (QED) is 0.245. The fourth-order valence-corrected chi connectivity index (χ4v) is 5.74. The Kier molecular flexibility index (Phi) is 8.25. The molecule has 4 N–H and O–H groups in total. The number of nitrogens with one attached hydrogen (secondary N) is 1. The Morgan fingerprint density at radius 3 is 2.69 bits per heavy atom. The monoisotopic (exact) mass is 558 g/mol. The summed E-state index contributed by atoms with van der Waals surface area (Å²) in [6.07, 6.45) is -2.48. The summed E-state index contributed by atoms with van der Waals surface area (Å²) in [5.74, 6) is -0.188. The number of aliphatic hydroxyl groups excluding tert-OH is 1. The van der Waals surface area contributed by atoms with Crippen LogP contribution in [0.25, 0.3) is 5.52 Å². The van der Waals surface area contributed by atoms with E-state index in [4.69, 9.17) is 24.3 Å². The molecule has 1 unspecified atom stereocenters. The minimum Gasteiger partial charge on any atom is -0.462 e. The Hall–Kier alpha value is -3.53. The average Bonchev–Trinajstić information content (AvgIpc) is 3.43. The second-order valence-electron chi connectivity index (χ2n) is 9.63. The van der Waals surface area contributed by atoms with Gasteiger partial charge in [-0.2, -0.15) is 15.4 Å². The van der Waals surface area contributed by atoms with Gasteiger partial charge in [0, 0.05) is 0 Å². The van der Waals surface area contributed by atoms with Crippen molar-refractivity contribution in [2.75, 3.05) is 12.3 Å². The SMILES string of the molecule is CC(C)OC(=O)[C@H](C)NP(=O)(OC[C@H]1O[C@@H](c2ccc3c(N)ncnn23)[C@](C)(C#N)[C@@H]1O)Oc1ccccc1. The molecule has 14 heteroatoms. The summed E-state index contributed by atoms with van der Waals surface area (Å²) in [5.41, 5.74) is 5.50. The van der Waals surface area contributed by atoms with E-state index in [1.165, 1.54) is 17.8 Å². The summed E-state index contributed by atoms with van der Waals surface area (Å²) in [7, 11) is -4.22. The standard InChI is InChI=1S/C25H31N6O7P/c1-15(2)36-24(33)16(3)30-39(34,38-17-8-6-5-7-9-17)35-12-20-21(32)25(4,13-26)22(37-20)18-10-11-19-23(27)28-14-29-31(18)19/h5-11,14-16,20-22,32H,12H2,1-4H3,(H,30,34)(H2,27,28,29)/t16-,20+,21+,22-,25+,39?/m0/s1. The van der Waals surface area contributed by atoms with Crippen molar-refractivity contribution >= 4 is 25.1 Å². The van der Waals surface area contributed by atoms with Crippen molar-refractivity contribution in [1.29, 1.82) is 5.26 Å². The first-order chi connectivity index (χ1) is 18.5. The van der Waals surface area contributed by atoms with Crippen LogP contribution in [0.15, 0.2) is 48.8 Å². The number of nitriles is 1. The van der Waals surface area contributed by atoms with Gasteiger partial charge in [-0.3, -0.25) is 9.32 Å². The van der Waals surface area contributed by atoms with Crippen LogP contribution in [0.2, 0.25) is 0 Å². The molecular formula is C25H31N6O7P. The second kappa shape index (κ2) is 11.3. The van der Waals surface area contributed by atoms with Crippen LogP contribution in [0, 0.1) is 16.7 Å². The molecule has 4 rings (SSSR count). The number of aliphatic hydroxyl groups is 1. The second-order valence-corrected chi connectivity index (χ2v) is 11.3. The van der Waals surface area contributed by atoms with Crippen molar-refractivity contribution < 1.29 is 33.0 Å². The van der Waals surface area contributed by atoms with Crippen LogP contribution in [-0.4, -0.2) is 56.6 Å². The lowest BCUT2D eigenvalue weighted by Gasteiger charge is -2.26. The fourth-order valence-electron chi connectivity index (χ4n) is 4.24. The molecule has 1 aliphatic heterocycles. The maximum absolute atomic E-state index is 13.8. The Morgan fingerprint density at radius 1 is 1.31 bits per heavy atom. The van der Waals surface area contributed by atoms with Crippen molar-refractivity contribution in [3.05, 3.63) is 54.5 Å².